The summed E-state index contributed by atoms with van der Waals surface area (Å²) in [4.78, 5) is 10.4. The molecular weight excluding hydrogens is 516 g/mol. The Morgan fingerprint density at radius 1 is 0.571 bits per heavy atom. The van der Waals surface area contributed by atoms with Crippen LogP contribution in [0.4, 0.5) is 0 Å². The van der Waals surface area contributed by atoms with Crippen molar-refractivity contribution in [2.45, 2.75) is 6.29 Å². The van der Waals surface area contributed by atoms with E-state index in [2.05, 4.69) is 101 Å². The van der Waals surface area contributed by atoms with Gasteiger partial charge in [0.1, 0.15) is 17.0 Å². The third kappa shape index (κ3) is 3.44. The summed E-state index contributed by atoms with van der Waals surface area (Å²) in [5.74, 6) is 1.46. The van der Waals surface area contributed by atoms with Gasteiger partial charge in [-0.15, -0.1) is 0 Å². The third-order valence-corrected chi connectivity index (χ3v) is 8.25. The fourth-order valence-electron chi connectivity index (χ4n) is 6.33. The number of hydrogen-bond donors (Lipinski definition) is 1. The van der Waals surface area contributed by atoms with Gasteiger partial charge in [0.05, 0.1) is 11.0 Å². The highest BCUT2D eigenvalue weighted by atomic mass is 16.3. The maximum Gasteiger partial charge on any atom is 0.204 e. The number of aliphatic imine (C=N–C) groups is 2. The molecule has 5 nitrogen and oxygen atoms in total. The summed E-state index contributed by atoms with van der Waals surface area (Å²) in [5.41, 5.74) is 5.96. The first-order valence-corrected chi connectivity index (χ1v) is 14.1. The van der Waals surface area contributed by atoms with E-state index >= 15 is 0 Å². The zero-order chi connectivity index (χ0) is 27.6. The van der Waals surface area contributed by atoms with E-state index in [4.69, 9.17) is 14.4 Å². The maximum atomic E-state index is 6.11. The molecule has 0 saturated heterocycles. The summed E-state index contributed by atoms with van der Waals surface area (Å²) in [6, 6.07) is 46.2. The summed E-state index contributed by atoms with van der Waals surface area (Å²) >= 11 is 0. The van der Waals surface area contributed by atoms with Gasteiger partial charge in [-0.2, -0.15) is 0 Å². The number of aromatic nitrogens is 1. The van der Waals surface area contributed by atoms with Crippen LogP contribution in [0.3, 0.4) is 0 Å². The highest BCUT2D eigenvalue weighted by Gasteiger charge is 2.25. The van der Waals surface area contributed by atoms with Crippen LogP contribution in [0.15, 0.2) is 148 Å². The lowest BCUT2D eigenvalue weighted by molar-refractivity contribution is 0.516. The SMILES string of the molecule is c1ccc(C2=NC(c3ccc4oc5ccccc5c4c3)=NC(n3c4ccccc4c4ccc5ccccc5c43)N2)cc1. The van der Waals surface area contributed by atoms with Crippen LogP contribution in [-0.4, -0.2) is 16.2 Å². The summed E-state index contributed by atoms with van der Waals surface area (Å²) < 4.78 is 8.44. The zero-order valence-corrected chi connectivity index (χ0v) is 22.5. The Morgan fingerprint density at radius 2 is 1.31 bits per heavy atom. The van der Waals surface area contributed by atoms with E-state index in [9.17, 15) is 0 Å². The van der Waals surface area contributed by atoms with E-state index in [0.29, 0.717) is 5.84 Å². The van der Waals surface area contributed by atoms with Crippen molar-refractivity contribution in [3.63, 3.8) is 0 Å². The van der Waals surface area contributed by atoms with Gasteiger partial charge in [0.15, 0.2) is 5.84 Å². The fraction of sp³-hybridized carbons (Fsp3) is 0.0270. The number of fused-ring (bicyclic) bond motifs is 8. The molecule has 2 aromatic heterocycles. The zero-order valence-electron chi connectivity index (χ0n) is 22.5. The van der Waals surface area contributed by atoms with Crippen LogP contribution in [0.5, 0.6) is 0 Å². The van der Waals surface area contributed by atoms with Gasteiger partial charge in [-0.05, 0) is 35.7 Å². The van der Waals surface area contributed by atoms with Crippen LogP contribution < -0.4 is 5.32 Å². The minimum atomic E-state index is -0.419. The largest absolute Gasteiger partial charge is 0.456 e. The van der Waals surface area contributed by atoms with E-state index in [-0.39, 0.29) is 0 Å². The Hall–Kier alpha value is -5.68. The minimum Gasteiger partial charge on any atom is -0.456 e. The predicted molar refractivity (Wildman–Crippen MR) is 172 cm³/mol. The predicted octanol–water partition coefficient (Wildman–Crippen LogP) is 8.80. The van der Waals surface area contributed by atoms with E-state index in [0.717, 1.165) is 49.9 Å². The molecule has 0 amide bonds. The number of rotatable bonds is 3. The van der Waals surface area contributed by atoms with Gasteiger partial charge in [0.2, 0.25) is 6.29 Å². The van der Waals surface area contributed by atoms with E-state index in [1.807, 2.05) is 42.5 Å². The molecule has 0 saturated carbocycles. The molecule has 0 bridgehead atoms. The normalized spacial score (nSPS) is 15.4. The molecule has 0 radical (unpaired) electrons. The second-order valence-corrected chi connectivity index (χ2v) is 10.7. The molecule has 8 aromatic rings. The van der Waals surface area contributed by atoms with Crippen molar-refractivity contribution in [1.82, 2.24) is 9.88 Å². The number of amidine groups is 2. The highest BCUT2D eigenvalue weighted by molar-refractivity contribution is 6.19. The first kappa shape index (κ1) is 23.1. The van der Waals surface area contributed by atoms with Crippen LogP contribution >= 0.6 is 0 Å². The number of nitrogens with one attached hydrogen (secondary N) is 1. The fourth-order valence-corrected chi connectivity index (χ4v) is 6.33. The highest BCUT2D eigenvalue weighted by Crippen LogP contribution is 2.37. The van der Waals surface area contributed by atoms with Gasteiger partial charge < -0.3 is 14.3 Å². The maximum absolute atomic E-state index is 6.11. The monoisotopic (exact) mass is 540 g/mol. The molecule has 1 unspecified atom stereocenters. The number of para-hydroxylation sites is 2. The summed E-state index contributed by atoms with van der Waals surface area (Å²) in [5, 5.41) is 10.6. The Balaban J connectivity index is 1.32. The van der Waals surface area contributed by atoms with E-state index in [1.165, 1.54) is 21.5 Å². The lowest BCUT2D eigenvalue weighted by atomic mass is 10.1. The van der Waals surface area contributed by atoms with Crippen molar-refractivity contribution in [1.29, 1.82) is 0 Å². The number of hydrogen-bond acceptors (Lipinski definition) is 4. The van der Waals surface area contributed by atoms with Gasteiger partial charge >= 0.3 is 0 Å². The van der Waals surface area contributed by atoms with Gasteiger partial charge in [-0.3, -0.25) is 0 Å². The molecule has 3 heterocycles. The standard InChI is InChI=1S/C37H24N4O/c1-2-11-24(12-3-1)35-38-36(25-19-21-33-30(22-25)28-15-7-9-17-32(28)42-33)40-37(39-35)41-31-16-8-6-14-27(31)29-20-18-23-10-4-5-13-26(23)34(29)41/h1-22,37H,(H,38,39,40). The number of nitrogens with zero attached hydrogens (tertiary/aromatic N) is 3. The molecule has 6 aromatic carbocycles. The van der Waals surface area contributed by atoms with Crippen molar-refractivity contribution >= 4 is 66.2 Å². The molecule has 0 spiro atoms. The van der Waals surface area contributed by atoms with Crippen molar-refractivity contribution in [3.8, 4) is 0 Å². The van der Waals surface area contributed by atoms with Gasteiger partial charge in [0.25, 0.3) is 0 Å². The second kappa shape index (κ2) is 8.91. The molecule has 0 fully saturated rings. The first-order valence-electron chi connectivity index (χ1n) is 14.1. The van der Waals surface area contributed by atoms with Gasteiger partial charge in [-0.1, -0.05) is 103 Å². The third-order valence-electron chi connectivity index (χ3n) is 8.25. The lowest BCUT2D eigenvalue weighted by Gasteiger charge is -2.26. The molecule has 1 aliphatic rings. The molecule has 9 rings (SSSR count). The summed E-state index contributed by atoms with van der Waals surface area (Å²) in [6.45, 7) is 0. The Kier molecular flexibility index (Phi) is 4.90. The quantitative estimate of drug-likeness (QED) is 0.243. The average molecular weight is 541 g/mol. The molecular formula is C37H24N4O. The van der Waals surface area contributed by atoms with Crippen LogP contribution in [0.25, 0.3) is 54.5 Å². The molecule has 42 heavy (non-hydrogen) atoms. The van der Waals surface area contributed by atoms with E-state index in [1.54, 1.807) is 0 Å². The van der Waals surface area contributed by atoms with Crippen molar-refractivity contribution in [3.05, 3.63) is 145 Å². The average Bonchev–Trinajstić information content (AvgIpc) is 3.61. The molecule has 1 aliphatic heterocycles. The lowest BCUT2D eigenvalue weighted by Crippen LogP contribution is -2.36. The molecule has 5 heteroatoms. The van der Waals surface area contributed by atoms with Crippen molar-refractivity contribution in [2.75, 3.05) is 0 Å². The second-order valence-electron chi connectivity index (χ2n) is 10.7. The summed E-state index contributed by atoms with van der Waals surface area (Å²) in [6.07, 6.45) is -0.419. The molecule has 0 aliphatic carbocycles. The van der Waals surface area contributed by atoms with Crippen LogP contribution in [0.2, 0.25) is 0 Å². The molecule has 1 atom stereocenters. The first-order chi connectivity index (χ1) is 20.8. The van der Waals surface area contributed by atoms with Crippen LogP contribution in [-0.2, 0) is 0 Å². The van der Waals surface area contributed by atoms with Crippen molar-refractivity contribution < 1.29 is 4.42 Å². The van der Waals surface area contributed by atoms with Crippen molar-refractivity contribution in [2.24, 2.45) is 9.98 Å². The molecule has 1 N–H and O–H groups in total. The number of benzene rings is 6. The van der Waals surface area contributed by atoms with Crippen LogP contribution in [0.1, 0.15) is 17.4 Å². The van der Waals surface area contributed by atoms with Crippen LogP contribution in [0, 0.1) is 0 Å². The smallest absolute Gasteiger partial charge is 0.204 e. The minimum absolute atomic E-state index is 0.419. The van der Waals surface area contributed by atoms with E-state index < -0.39 is 6.29 Å². The number of furan rings is 1. The summed E-state index contributed by atoms with van der Waals surface area (Å²) in [7, 11) is 0. The van der Waals surface area contributed by atoms with Gasteiger partial charge in [-0.25, -0.2) is 9.98 Å². The van der Waals surface area contributed by atoms with Gasteiger partial charge in [0, 0.05) is 38.1 Å². The molecule has 198 valence electrons. The Labute approximate surface area is 241 Å². The Morgan fingerprint density at radius 3 is 2.21 bits per heavy atom. The topological polar surface area (TPSA) is 54.8 Å². The Bertz CT molecular complexity index is 2390.